The Kier molecular flexibility index (Phi) is 5.28. The van der Waals surface area contributed by atoms with Crippen LogP contribution >= 0.6 is 31.0 Å². The van der Waals surface area contributed by atoms with Crippen molar-refractivity contribution in [3.63, 3.8) is 0 Å². The summed E-state index contributed by atoms with van der Waals surface area (Å²) in [7, 11) is -4.85. The van der Waals surface area contributed by atoms with Crippen molar-refractivity contribution in [1.82, 2.24) is 4.90 Å². The molecule has 0 aromatic rings. The van der Waals surface area contributed by atoms with Gasteiger partial charge in [0, 0.05) is 13.1 Å². The fourth-order valence-corrected chi connectivity index (χ4v) is 2.27. The van der Waals surface area contributed by atoms with Gasteiger partial charge in [-0.1, -0.05) is 23.2 Å². The molecule has 0 unspecified atom stereocenters. The molecule has 9 heteroatoms. The van der Waals surface area contributed by atoms with Crippen LogP contribution in [-0.4, -0.2) is 33.7 Å². The molecule has 1 aliphatic rings. The molecule has 1 saturated heterocycles. The van der Waals surface area contributed by atoms with Crippen molar-refractivity contribution in [2.75, 3.05) is 13.1 Å². The second-order valence-corrected chi connectivity index (χ2v) is 5.64. The first-order valence-electron chi connectivity index (χ1n) is 4.91. The lowest BCUT2D eigenvalue weighted by Crippen LogP contribution is -2.37. The van der Waals surface area contributed by atoms with Gasteiger partial charge in [0.2, 0.25) is 5.76 Å². The Hall–Kier alpha value is -0.260. The molecule has 0 atom stereocenters. The second-order valence-electron chi connectivity index (χ2n) is 3.52. The van der Waals surface area contributed by atoms with Crippen LogP contribution in [0.5, 0.6) is 0 Å². The summed E-state index contributed by atoms with van der Waals surface area (Å²) >= 11 is 10.8. The summed E-state index contributed by atoms with van der Waals surface area (Å²) in [5, 5.41) is 0. The van der Waals surface area contributed by atoms with Crippen LogP contribution in [0.3, 0.4) is 0 Å². The molecule has 0 aromatic heterocycles. The topological polar surface area (TPSA) is 87.1 Å². The Morgan fingerprint density at radius 1 is 1.18 bits per heavy atom. The predicted octanol–water partition coefficient (Wildman–Crippen LogP) is 1.75. The fraction of sp³-hybridized carbons (Fsp3) is 0.625. The zero-order valence-electron chi connectivity index (χ0n) is 8.81. The van der Waals surface area contributed by atoms with Crippen molar-refractivity contribution in [3.05, 3.63) is 10.3 Å². The molecular weight excluding hydrogens is 292 g/mol. The SMILES string of the molecule is O=C(C(OP(=O)(O)O)=C(Cl)Cl)N1CCCCC1. The number of nitrogens with zero attached hydrogens (tertiary/aromatic N) is 1. The molecule has 17 heavy (non-hydrogen) atoms. The van der Waals surface area contributed by atoms with E-state index in [-0.39, 0.29) is 0 Å². The smallest absolute Gasteiger partial charge is 0.396 e. The normalized spacial score (nSPS) is 16.6. The zero-order valence-corrected chi connectivity index (χ0v) is 11.2. The van der Waals surface area contributed by atoms with E-state index in [0.717, 1.165) is 19.3 Å². The van der Waals surface area contributed by atoms with Crippen molar-refractivity contribution in [3.8, 4) is 0 Å². The molecule has 98 valence electrons. The molecule has 0 spiro atoms. The van der Waals surface area contributed by atoms with Crippen molar-refractivity contribution in [1.29, 1.82) is 0 Å². The maximum absolute atomic E-state index is 11.8. The summed E-state index contributed by atoms with van der Waals surface area (Å²) in [4.78, 5) is 30.6. The van der Waals surface area contributed by atoms with Gasteiger partial charge >= 0.3 is 7.82 Å². The molecule has 1 fully saturated rings. The highest BCUT2D eigenvalue weighted by molar-refractivity contribution is 7.46. The van der Waals surface area contributed by atoms with Gasteiger partial charge in [-0.3, -0.25) is 14.6 Å². The minimum absolute atomic E-state index is 0.494. The Morgan fingerprint density at radius 3 is 2.12 bits per heavy atom. The van der Waals surface area contributed by atoms with E-state index in [1.807, 2.05) is 0 Å². The first kappa shape index (κ1) is 14.8. The van der Waals surface area contributed by atoms with Gasteiger partial charge in [-0.05, 0) is 19.3 Å². The third-order valence-corrected chi connectivity index (χ3v) is 2.98. The molecule has 1 amide bonds. The van der Waals surface area contributed by atoms with Gasteiger partial charge in [-0.25, -0.2) is 4.57 Å². The summed E-state index contributed by atoms with van der Waals surface area (Å²) < 4.78 is 14.3. The number of phosphoric acid groups is 1. The van der Waals surface area contributed by atoms with E-state index < -0.39 is 24.0 Å². The van der Waals surface area contributed by atoms with Crippen LogP contribution in [0.1, 0.15) is 19.3 Å². The fourth-order valence-electron chi connectivity index (χ4n) is 1.51. The largest absolute Gasteiger partial charge is 0.525 e. The quantitative estimate of drug-likeness (QED) is 0.471. The highest BCUT2D eigenvalue weighted by Crippen LogP contribution is 2.41. The van der Waals surface area contributed by atoms with Gasteiger partial charge in [0.1, 0.15) is 0 Å². The van der Waals surface area contributed by atoms with Gasteiger partial charge in [-0.15, -0.1) is 0 Å². The average molecular weight is 304 g/mol. The van der Waals surface area contributed by atoms with E-state index in [1.165, 1.54) is 4.90 Å². The molecule has 0 aromatic carbocycles. The second kappa shape index (κ2) is 6.07. The van der Waals surface area contributed by atoms with E-state index in [9.17, 15) is 9.36 Å². The third-order valence-electron chi connectivity index (χ3n) is 2.22. The number of halogens is 2. The van der Waals surface area contributed by atoms with Crippen LogP contribution < -0.4 is 0 Å². The van der Waals surface area contributed by atoms with Crippen LogP contribution in [0.25, 0.3) is 0 Å². The van der Waals surface area contributed by atoms with Crippen LogP contribution in [0.15, 0.2) is 10.3 Å². The van der Waals surface area contributed by atoms with Gasteiger partial charge in [0.15, 0.2) is 4.49 Å². The Labute approximate surface area is 108 Å². The van der Waals surface area contributed by atoms with Crippen molar-refractivity contribution < 1.29 is 23.7 Å². The van der Waals surface area contributed by atoms with E-state index in [0.29, 0.717) is 13.1 Å². The predicted molar refractivity (Wildman–Crippen MR) is 62.3 cm³/mol. The van der Waals surface area contributed by atoms with Crippen molar-refractivity contribution in [2.24, 2.45) is 0 Å². The number of likely N-dealkylation sites (tertiary alicyclic amines) is 1. The van der Waals surface area contributed by atoms with E-state index in [2.05, 4.69) is 4.52 Å². The minimum atomic E-state index is -4.85. The molecule has 0 aliphatic carbocycles. The number of hydrogen-bond acceptors (Lipinski definition) is 3. The monoisotopic (exact) mass is 303 g/mol. The molecule has 0 bridgehead atoms. The number of rotatable bonds is 3. The van der Waals surface area contributed by atoms with Gasteiger partial charge < -0.3 is 9.42 Å². The number of hydrogen-bond donors (Lipinski definition) is 2. The lowest BCUT2D eigenvalue weighted by Gasteiger charge is -2.27. The number of piperidine rings is 1. The Bertz CT molecular complexity index is 370. The van der Waals surface area contributed by atoms with E-state index in [1.54, 1.807) is 0 Å². The minimum Gasteiger partial charge on any atom is -0.396 e. The van der Waals surface area contributed by atoms with Crippen LogP contribution in [0.4, 0.5) is 0 Å². The van der Waals surface area contributed by atoms with Crippen molar-refractivity contribution in [2.45, 2.75) is 19.3 Å². The molecule has 1 heterocycles. The molecule has 2 N–H and O–H groups in total. The molecule has 6 nitrogen and oxygen atoms in total. The molecular formula is C8H12Cl2NO5P. The summed E-state index contributed by atoms with van der Waals surface area (Å²) in [6.45, 7) is 0.988. The first-order valence-corrected chi connectivity index (χ1v) is 7.19. The maximum atomic E-state index is 11.8. The van der Waals surface area contributed by atoms with Crippen molar-refractivity contribution >= 4 is 36.9 Å². The number of carbonyl (C=O) groups excluding carboxylic acids is 1. The van der Waals surface area contributed by atoms with Gasteiger partial charge in [0.05, 0.1) is 0 Å². The van der Waals surface area contributed by atoms with Gasteiger partial charge in [0.25, 0.3) is 5.91 Å². The summed E-state index contributed by atoms with van der Waals surface area (Å²) in [6, 6.07) is 0. The van der Waals surface area contributed by atoms with Crippen LogP contribution in [0, 0.1) is 0 Å². The number of phosphoric ester groups is 1. The van der Waals surface area contributed by atoms with Crippen LogP contribution in [0.2, 0.25) is 0 Å². The highest BCUT2D eigenvalue weighted by Gasteiger charge is 2.29. The standard InChI is InChI=1S/C8H12Cl2NO5P/c9-7(10)6(16-17(13,14)15)8(12)11-4-2-1-3-5-11/h1-5H2,(H2,13,14,15). The number of carbonyl (C=O) groups is 1. The average Bonchev–Trinajstić information content (AvgIpc) is 2.25. The third kappa shape index (κ3) is 4.85. The Morgan fingerprint density at radius 2 is 1.71 bits per heavy atom. The molecule has 0 radical (unpaired) electrons. The summed E-state index contributed by atoms with van der Waals surface area (Å²) in [6.07, 6.45) is 2.67. The molecule has 1 rings (SSSR count). The summed E-state index contributed by atoms with van der Waals surface area (Å²) in [5.74, 6) is -1.41. The maximum Gasteiger partial charge on any atom is 0.525 e. The number of amides is 1. The van der Waals surface area contributed by atoms with Gasteiger partial charge in [-0.2, -0.15) is 0 Å². The first-order chi connectivity index (χ1) is 7.81. The van der Waals surface area contributed by atoms with E-state index >= 15 is 0 Å². The molecule has 0 saturated carbocycles. The Balaban J connectivity index is 2.81. The van der Waals surface area contributed by atoms with Crippen LogP contribution in [-0.2, 0) is 13.9 Å². The highest BCUT2D eigenvalue weighted by atomic mass is 35.5. The summed E-state index contributed by atoms with van der Waals surface area (Å²) in [5.41, 5.74) is 0. The zero-order chi connectivity index (χ0) is 13.1. The van der Waals surface area contributed by atoms with E-state index in [4.69, 9.17) is 33.0 Å². The lowest BCUT2D eigenvalue weighted by molar-refractivity contribution is -0.130. The molecule has 1 aliphatic heterocycles. The lowest BCUT2D eigenvalue weighted by atomic mass is 10.1.